The summed E-state index contributed by atoms with van der Waals surface area (Å²) in [5, 5.41) is 0. The van der Waals surface area contributed by atoms with Gasteiger partial charge in [-0.2, -0.15) is 0 Å². The molecule has 3 nitrogen and oxygen atoms in total. The molecule has 1 saturated heterocycles. The van der Waals surface area contributed by atoms with Crippen LogP contribution in [0.25, 0.3) is 0 Å². The zero-order chi connectivity index (χ0) is 16.5. The summed E-state index contributed by atoms with van der Waals surface area (Å²) in [5.41, 5.74) is 0. The van der Waals surface area contributed by atoms with E-state index in [-0.39, 0.29) is 23.8 Å². The summed E-state index contributed by atoms with van der Waals surface area (Å²) < 4.78 is 5.15. The molecule has 0 amide bonds. The monoisotopic (exact) mass is 316 g/mol. The molecule has 0 saturated carbocycles. The van der Waals surface area contributed by atoms with Crippen molar-refractivity contribution in [2.45, 2.75) is 64.4 Å². The molecule has 1 heterocycles. The Morgan fingerprint density at radius 2 is 2.04 bits per heavy atom. The standard InChI is InChI=1S/C20H28O3/c1-2-3-4-5-6-7-9-16-12-14-19(21)18(16)11-8-10-17-13-15-20(22)23-17/h6-8,10,12,14,16-18H,2-5,9,11,13,15H2,1H3/b7-6-,10-8+/t16-,17+,18+/m1/s1. The van der Waals surface area contributed by atoms with E-state index in [2.05, 4.69) is 19.1 Å². The molecular weight excluding hydrogens is 288 g/mol. The number of ketones is 1. The number of hydrogen-bond acceptors (Lipinski definition) is 3. The lowest BCUT2D eigenvalue weighted by Gasteiger charge is -2.15. The smallest absolute Gasteiger partial charge is 0.306 e. The van der Waals surface area contributed by atoms with Gasteiger partial charge < -0.3 is 4.74 Å². The molecule has 1 fully saturated rings. The summed E-state index contributed by atoms with van der Waals surface area (Å²) in [6.45, 7) is 2.21. The van der Waals surface area contributed by atoms with E-state index in [0.29, 0.717) is 12.3 Å². The second-order valence-corrected chi connectivity index (χ2v) is 6.47. The van der Waals surface area contributed by atoms with Gasteiger partial charge in [0.1, 0.15) is 6.10 Å². The minimum Gasteiger partial charge on any atom is -0.458 e. The lowest BCUT2D eigenvalue weighted by atomic mass is 9.88. The van der Waals surface area contributed by atoms with Crippen molar-refractivity contribution < 1.29 is 14.3 Å². The van der Waals surface area contributed by atoms with Crippen LogP contribution in [-0.4, -0.2) is 17.9 Å². The van der Waals surface area contributed by atoms with Crippen molar-refractivity contribution in [3.63, 3.8) is 0 Å². The summed E-state index contributed by atoms with van der Waals surface area (Å²) in [6, 6.07) is 0. The van der Waals surface area contributed by atoms with Gasteiger partial charge in [0.15, 0.2) is 5.78 Å². The van der Waals surface area contributed by atoms with E-state index in [4.69, 9.17) is 4.74 Å². The van der Waals surface area contributed by atoms with Gasteiger partial charge in [-0.05, 0) is 50.2 Å². The number of hydrogen-bond donors (Lipinski definition) is 0. The fourth-order valence-corrected chi connectivity index (χ4v) is 3.16. The minimum atomic E-state index is -0.121. The van der Waals surface area contributed by atoms with Crippen LogP contribution in [0.15, 0.2) is 36.5 Å². The highest BCUT2D eigenvalue weighted by molar-refractivity contribution is 5.94. The van der Waals surface area contributed by atoms with Crippen molar-refractivity contribution in [3.05, 3.63) is 36.5 Å². The molecule has 0 N–H and O–H groups in total. The molecule has 0 aromatic heterocycles. The Balaban J connectivity index is 1.74. The van der Waals surface area contributed by atoms with Gasteiger partial charge in [-0.3, -0.25) is 9.59 Å². The van der Waals surface area contributed by atoms with Crippen LogP contribution in [0.1, 0.15) is 58.3 Å². The highest BCUT2D eigenvalue weighted by atomic mass is 16.5. The number of esters is 1. The van der Waals surface area contributed by atoms with Gasteiger partial charge in [-0.15, -0.1) is 0 Å². The zero-order valence-corrected chi connectivity index (χ0v) is 14.1. The van der Waals surface area contributed by atoms with E-state index in [9.17, 15) is 9.59 Å². The zero-order valence-electron chi connectivity index (χ0n) is 14.1. The number of carbonyl (C=O) groups is 2. The maximum atomic E-state index is 12.0. The first kappa shape index (κ1) is 17.7. The fraction of sp³-hybridized carbons (Fsp3) is 0.600. The molecule has 126 valence electrons. The Bertz CT molecular complexity index is 487. The molecule has 0 unspecified atom stereocenters. The topological polar surface area (TPSA) is 43.4 Å². The van der Waals surface area contributed by atoms with Gasteiger partial charge >= 0.3 is 5.97 Å². The van der Waals surface area contributed by atoms with Crippen LogP contribution >= 0.6 is 0 Å². The summed E-state index contributed by atoms with van der Waals surface area (Å²) in [7, 11) is 0. The SMILES string of the molecule is CCCCC/C=C\C[C@@H]1C=CC(=O)[C@H]1C/C=C/[C@H]1CCC(=O)O1. The third kappa shape index (κ3) is 5.81. The van der Waals surface area contributed by atoms with Gasteiger partial charge in [-0.1, -0.05) is 44.1 Å². The van der Waals surface area contributed by atoms with E-state index >= 15 is 0 Å². The molecule has 0 radical (unpaired) electrons. The molecule has 0 spiro atoms. The molecular formula is C20H28O3. The van der Waals surface area contributed by atoms with Crippen molar-refractivity contribution in [2.24, 2.45) is 11.8 Å². The molecule has 1 aliphatic carbocycles. The largest absolute Gasteiger partial charge is 0.458 e. The van der Waals surface area contributed by atoms with Crippen molar-refractivity contribution in [3.8, 4) is 0 Å². The Labute approximate surface area is 139 Å². The summed E-state index contributed by atoms with van der Waals surface area (Å²) >= 11 is 0. The first-order valence-electron chi connectivity index (χ1n) is 8.94. The molecule has 0 aromatic rings. The minimum absolute atomic E-state index is 0.0450. The second-order valence-electron chi connectivity index (χ2n) is 6.47. The number of ether oxygens (including phenoxy) is 1. The molecule has 1 aliphatic heterocycles. The van der Waals surface area contributed by atoms with E-state index in [1.54, 1.807) is 6.08 Å². The second kappa shape index (κ2) is 9.49. The van der Waals surface area contributed by atoms with E-state index in [0.717, 1.165) is 25.7 Å². The van der Waals surface area contributed by atoms with Crippen LogP contribution in [0.4, 0.5) is 0 Å². The van der Waals surface area contributed by atoms with Crippen molar-refractivity contribution in [2.75, 3.05) is 0 Å². The predicted molar refractivity (Wildman–Crippen MR) is 91.9 cm³/mol. The van der Waals surface area contributed by atoms with Crippen LogP contribution < -0.4 is 0 Å². The molecule has 23 heavy (non-hydrogen) atoms. The highest BCUT2D eigenvalue weighted by Gasteiger charge is 2.28. The van der Waals surface area contributed by atoms with E-state index in [1.807, 2.05) is 18.2 Å². The van der Waals surface area contributed by atoms with Crippen LogP contribution in [0.5, 0.6) is 0 Å². The summed E-state index contributed by atoms with van der Waals surface area (Å²) in [5.74, 6) is 0.455. The first-order valence-corrected chi connectivity index (χ1v) is 8.94. The Morgan fingerprint density at radius 3 is 2.78 bits per heavy atom. The van der Waals surface area contributed by atoms with Crippen molar-refractivity contribution >= 4 is 11.8 Å². The molecule has 3 atom stereocenters. The summed E-state index contributed by atoms with van der Waals surface area (Å²) in [6.07, 6.45) is 19.9. The lowest BCUT2D eigenvalue weighted by molar-refractivity contribution is -0.140. The Hall–Kier alpha value is -1.64. The quantitative estimate of drug-likeness (QED) is 0.356. The number of cyclic esters (lactones) is 1. The molecule has 0 bridgehead atoms. The van der Waals surface area contributed by atoms with Gasteiger partial charge in [-0.25, -0.2) is 0 Å². The lowest BCUT2D eigenvalue weighted by Crippen LogP contribution is -2.15. The average Bonchev–Trinajstić information content (AvgIpc) is 3.10. The number of carbonyl (C=O) groups excluding carboxylic acids is 2. The van der Waals surface area contributed by atoms with Gasteiger partial charge in [0.25, 0.3) is 0 Å². The third-order valence-corrected chi connectivity index (χ3v) is 4.60. The van der Waals surface area contributed by atoms with Gasteiger partial charge in [0.05, 0.1) is 0 Å². The normalized spacial score (nSPS) is 27.6. The maximum Gasteiger partial charge on any atom is 0.306 e. The highest BCUT2D eigenvalue weighted by Crippen LogP contribution is 2.29. The number of rotatable bonds is 9. The van der Waals surface area contributed by atoms with Gasteiger partial charge in [0.2, 0.25) is 0 Å². The molecule has 2 rings (SSSR count). The Kier molecular flexibility index (Phi) is 7.31. The Morgan fingerprint density at radius 1 is 1.17 bits per heavy atom. The third-order valence-electron chi connectivity index (χ3n) is 4.60. The molecule has 2 aliphatic rings. The average molecular weight is 316 g/mol. The van der Waals surface area contributed by atoms with E-state index < -0.39 is 0 Å². The van der Waals surface area contributed by atoms with Crippen LogP contribution in [0.2, 0.25) is 0 Å². The van der Waals surface area contributed by atoms with Gasteiger partial charge in [0, 0.05) is 12.3 Å². The molecule has 0 aromatic carbocycles. The number of unbranched alkanes of at least 4 members (excludes halogenated alkanes) is 3. The summed E-state index contributed by atoms with van der Waals surface area (Å²) in [4.78, 5) is 23.1. The van der Waals surface area contributed by atoms with Crippen molar-refractivity contribution in [1.82, 2.24) is 0 Å². The van der Waals surface area contributed by atoms with Crippen LogP contribution in [0, 0.1) is 11.8 Å². The van der Waals surface area contributed by atoms with Crippen LogP contribution in [-0.2, 0) is 14.3 Å². The van der Waals surface area contributed by atoms with E-state index in [1.165, 1.54) is 19.3 Å². The van der Waals surface area contributed by atoms with Crippen molar-refractivity contribution in [1.29, 1.82) is 0 Å². The maximum absolute atomic E-state index is 12.0. The number of allylic oxidation sites excluding steroid dienone is 5. The first-order chi connectivity index (χ1) is 11.2. The fourth-order valence-electron chi connectivity index (χ4n) is 3.16. The predicted octanol–water partition coefficient (Wildman–Crippen LogP) is 4.54. The molecule has 3 heteroatoms. The van der Waals surface area contributed by atoms with Crippen LogP contribution in [0.3, 0.4) is 0 Å².